The second-order valence-electron chi connectivity index (χ2n) is 7.16. The van der Waals surface area contributed by atoms with Crippen molar-refractivity contribution in [3.63, 3.8) is 0 Å². The van der Waals surface area contributed by atoms with Crippen LogP contribution in [0, 0.1) is 23.2 Å². The summed E-state index contributed by atoms with van der Waals surface area (Å²) in [7, 11) is 0. The van der Waals surface area contributed by atoms with Crippen molar-refractivity contribution in [1.29, 1.82) is 0 Å². The topological polar surface area (TPSA) is 40.5 Å². The number of hydrogen-bond donors (Lipinski definition) is 2. The van der Waals surface area contributed by atoms with Gasteiger partial charge in [-0.15, -0.1) is 0 Å². The summed E-state index contributed by atoms with van der Waals surface area (Å²) in [5, 5.41) is 21.7. The molecule has 0 aromatic carbocycles. The van der Waals surface area contributed by atoms with Crippen LogP contribution in [-0.2, 0) is 0 Å². The molecule has 0 heterocycles. The molecule has 3 aliphatic rings. The van der Waals surface area contributed by atoms with Crippen LogP contribution in [-0.4, -0.2) is 26.2 Å². The highest BCUT2D eigenvalue weighted by Gasteiger charge is 2.73. The van der Waals surface area contributed by atoms with E-state index in [0.29, 0.717) is 11.8 Å². The fourth-order valence-electron chi connectivity index (χ4n) is 4.07. The van der Waals surface area contributed by atoms with Gasteiger partial charge in [-0.3, -0.25) is 0 Å². The Morgan fingerprint density at radius 3 is 2.12 bits per heavy atom. The predicted octanol–water partition coefficient (Wildman–Crippen LogP) is 2.95. The molecule has 3 rings (SSSR count). The van der Waals surface area contributed by atoms with Gasteiger partial charge in [0.25, 0.3) is 0 Å². The van der Waals surface area contributed by atoms with E-state index in [4.69, 9.17) is 0 Å². The SMILES string of the molecule is CC(C)C(Br)C1CC2CC(O)(C2(C)C)C1(C)O. The Hall–Kier alpha value is 0.400. The largest absolute Gasteiger partial charge is 0.387 e. The number of aliphatic hydroxyl groups is 2. The molecule has 100 valence electrons. The van der Waals surface area contributed by atoms with Crippen molar-refractivity contribution in [3.05, 3.63) is 0 Å². The zero-order valence-corrected chi connectivity index (χ0v) is 13.1. The van der Waals surface area contributed by atoms with Gasteiger partial charge in [0.2, 0.25) is 0 Å². The van der Waals surface area contributed by atoms with E-state index in [0.717, 1.165) is 12.8 Å². The smallest absolute Gasteiger partial charge is 0.0989 e. The summed E-state index contributed by atoms with van der Waals surface area (Å²) in [6, 6.07) is 0. The van der Waals surface area contributed by atoms with Crippen molar-refractivity contribution in [2.75, 3.05) is 0 Å². The number of hydrogen-bond acceptors (Lipinski definition) is 2. The quantitative estimate of drug-likeness (QED) is 0.770. The first-order chi connectivity index (χ1) is 7.55. The maximum Gasteiger partial charge on any atom is 0.0989 e. The minimum absolute atomic E-state index is 0.138. The van der Waals surface area contributed by atoms with Crippen LogP contribution < -0.4 is 0 Å². The number of alkyl halides is 1. The molecule has 0 spiro atoms. The highest BCUT2D eigenvalue weighted by atomic mass is 79.9. The summed E-state index contributed by atoms with van der Waals surface area (Å²) in [6.07, 6.45) is 1.76. The summed E-state index contributed by atoms with van der Waals surface area (Å²) in [6.45, 7) is 10.3. The second kappa shape index (κ2) is 3.71. The minimum atomic E-state index is -0.996. The summed E-state index contributed by atoms with van der Waals surface area (Å²) < 4.78 is 0. The van der Waals surface area contributed by atoms with E-state index >= 15 is 0 Å². The molecule has 0 saturated heterocycles. The van der Waals surface area contributed by atoms with Crippen molar-refractivity contribution in [2.24, 2.45) is 23.2 Å². The van der Waals surface area contributed by atoms with Gasteiger partial charge in [-0.2, -0.15) is 0 Å². The normalized spacial score (nSPS) is 49.9. The zero-order valence-electron chi connectivity index (χ0n) is 11.5. The van der Waals surface area contributed by atoms with E-state index in [1.165, 1.54) is 0 Å². The fourth-order valence-corrected chi connectivity index (χ4v) is 4.80. The molecule has 0 amide bonds. The molecule has 3 aliphatic carbocycles. The van der Waals surface area contributed by atoms with Gasteiger partial charge in [0.05, 0.1) is 11.2 Å². The number of fused-ring (bicyclic) bond motifs is 2. The van der Waals surface area contributed by atoms with E-state index in [1.54, 1.807) is 0 Å². The van der Waals surface area contributed by atoms with Crippen LogP contribution in [0.1, 0.15) is 47.5 Å². The third kappa shape index (κ3) is 1.51. The van der Waals surface area contributed by atoms with Gasteiger partial charge in [0.1, 0.15) is 0 Å². The van der Waals surface area contributed by atoms with Crippen LogP contribution in [0.5, 0.6) is 0 Å². The van der Waals surface area contributed by atoms with Gasteiger partial charge >= 0.3 is 0 Å². The Morgan fingerprint density at radius 1 is 1.18 bits per heavy atom. The average Bonchev–Trinajstić information content (AvgIpc) is 2.20. The molecular weight excluding hydrogens is 280 g/mol. The summed E-state index contributed by atoms with van der Waals surface area (Å²) >= 11 is 3.72. The molecule has 0 aromatic heterocycles. The first-order valence-corrected chi connectivity index (χ1v) is 7.56. The van der Waals surface area contributed by atoms with Crippen molar-refractivity contribution < 1.29 is 10.2 Å². The van der Waals surface area contributed by atoms with Crippen LogP contribution in [0.3, 0.4) is 0 Å². The Bertz CT molecular complexity index is 324. The first-order valence-electron chi connectivity index (χ1n) is 6.64. The summed E-state index contributed by atoms with van der Waals surface area (Å²) in [5.41, 5.74) is -2.07. The predicted molar refractivity (Wildman–Crippen MR) is 73.1 cm³/mol. The van der Waals surface area contributed by atoms with E-state index in [2.05, 4.69) is 43.6 Å². The van der Waals surface area contributed by atoms with Gasteiger partial charge < -0.3 is 10.2 Å². The Morgan fingerprint density at radius 2 is 1.71 bits per heavy atom. The summed E-state index contributed by atoms with van der Waals surface area (Å²) in [5.74, 6) is 1.14. The lowest BCUT2D eigenvalue weighted by Crippen LogP contribution is -2.78. The number of halogens is 1. The Kier molecular flexibility index (Phi) is 3.01. The molecule has 3 fully saturated rings. The van der Waals surface area contributed by atoms with Crippen LogP contribution in [0.2, 0.25) is 0 Å². The fraction of sp³-hybridized carbons (Fsp3) is 1.00. The standard InChI is InChI=1S/C14H25BrO2/c1-8(2)11(15)10-6-9-7-14(17,12(9,3)4)13(10,5)16/h8-11,16-17H,6-7H2,1-5H3. The average molecular weight is 305 g/mol. The molecule has 5 unspecified atom stereocenters. The van der Waals surface area contributed by atoms with Crippen LogP contribution in [0.4, 0.5) is 0 Å². The zero-order chi connectivity index (χ0) is 13.2. The molecule has 2 bridgehead atoms. The molecule has 0 aliphatic heterocycles. The van der Waals surface area contributed by atoms with Gasteiger partial charge in [0.15, 0.2) is 0 Å². The number of rotatable bonds is 2. The van der Waals surface area contributed by atoms with E-state index in [-0.39, 0.29) is 16.2 Å². The van der Waals surface area contributed by atoms with Crippen LogP contribution in [0.25, 0.3) is 0 Å². The molecular formula is C14H25BrO2. The van der Waals surface area contributed by atoms with Crippen molar-refractivity contribution >= 4 is 15.9 Å². The Balaban J connectivity index is 2.32. The molecule has 3 saturated carbocycles. The minimum Gasteiger partial charge on any atom is -0.387 e. The molecule has 5 atom stereocenters. The van der Waals surface area contributed by atoms with E-state index < -0.39 is 11.2 Å². The monoisotopic (exact) mass is 304 g/mol. The molecule has 2 nitrogen and oxygen atoms in total. The third-order valence-corrected chi connectivity index (χ3v) is 7.44. The van der Waals surface area contributed by atoms with Crippen LogP contribution in [0.15, 0.2) is 0 Å². The maximum atomic E-state index is 10.9. The Labute approximate surface area is 113 Å². The summed E-state index contributed by atoms with van der Waals surface area (Å²) in [4.78, 5) is 0.267. The van der Waals surface area contributed by atoms with Crippen LogP contribution >= 0.6 is 15.9 Å². The molecule has 2 N–H and O–H groups in total. The van der Waals surface area contributed by atoms with Crippen molar-refractivity contribution in [2.45, 2.75) is 63.5 Å². The van der Waals surface area contributed by atoms with Crippen molar-refractivity contribution in [3.8, 4) is 0 Å². The van der Waals surface area contributed by atoms with E-state index in [9.17, 15) is 10.2 Å². The van der Waals surface area contributed by atoms with Gasteiger partial charge in [0, 0.05) is 10.7 Å². The van der Waals surface area contributed by atoms with E-state index in [1.807, 2.05) is 6.92 Å². The lowest BCUT2D eigenvalue weighted by Gasteiger charge is -2.71. The maximum absolute atomic E-state index is 10.9. The highest BCUT2D eigenvalue weighted by molar-refractivity contribution is 9.09. The molecule has 3 heteroatoms. The van der Waals surface area contributed by atoms with Crippen molar-refractivity contribution in [1.82, 2.24) is 0 Å². The molecule has 0 aromatic rings. The second-order valence-corrected chi connectivity index (χ2v) is 8.22. The molecule has 17 heavy (non-hydrogen) atoms. The molecule has 0 radical (unpaired) electrons. The first kappa shape index (κ1) is 13.8. The van der Waals surface area contributed by atoms with Gasteiger partial charge in [-0.05, 0) is 37.0 Å². The highest BCUT2D eigenvalue weighted by Crippen LogP contribution is 2.68. The third-order valence-electron chi connectivity index (χ3n) is 5.75. The lowest BCUT2D eigenvalue weighted by molar-refractivity contribution is -0.333. The lowest BCUT2D eigenvalue weighted by atomic mass is 9.38. The van der Waals surface area contributed by atoms with Gasteiger partial charge in [-0.1, -0.05) is 43.6 Å². The van der Waals surface area contributed by atoms with Gasteiger partial charge in [-0.25, -0.2) is 0 Å².